The van der Waals surface area contributed by atoms with E-state index in [1.54, 1.807) is 13.0 Å². The highest BCUT2D eigenvalue weighted by Crippen LogP contribution is 2.23. The van der Waals surface area contributed by atoms with Crippen molar-refractivity contribution in [3.05, 3.63) is 49.4 Å². The van der Waals surface area contributed by atoms with Gasteiger partial charge in [0.05, 0.1) is 17.2 Å². The molecule has 10 heteroatoms. The Morgan fingerprint density at radius 1 is 1.24 bits per heavy atom. The molecule has 7 nitrogen and oxygen atoms in total. The van der Waals surface area contributed by atoms with Gasteiger partial charge in [-0.3, -0.25) is 14.2 Å². The largest absolute Gasteiger partial charge is 0.463 e. The van der Waals surface area contributed by atoms with Crippen molar-refractivity contribution in [1.82, 2.24) is 9.88 Å². The third-order valence-corrected chi connectivity index (χ3v) is 6.69. The predicted molar refractivity (Wildman–Crippen MR) is 125 cm³/mol. The topological polar surface area (TPSA) is 86.6 Å². The molecule has 1 amide bonds. The van der Waals surface area contributed by atoms with Crippen LogP contribution in [0.3, 0.4) is 0 Å². The molecule has 1 aromatic carbocycles. The number of nitrogens with zero attached hydrogens (tertiary/aromatic N) is 1. The maximum absolute atomic E-state index is 13.1. The van der Waals surface area contributed by atoms with Gasteiger partial charge in [0.15, 0.2) is 0 Å². The number of aromatic nitrogens is 1. The molecule has 34 heavy (non-hydrogen) atoms. The number of hydrogen-bond acceptors (Lipinski definition) is 6. The summed E-state index contributed by atoms with van der Waals surface area (Å²) in [6, 6.07) is 5.87. The fourth-order valence-electron chi connectivity index (χ4n) is 3.90. The number of amides is 1. The van der Waals surface area contributed by atoms with E-state index in [0.717, 1.165) is 37.0 Å². The minimum atomic E-state index is -2.93. The molecule has 1 N–H and O–H groups in total. The smallest absolute Gasteiger partial charge is 0.387 e. The number of nitrogens with one attached hydrogen (secondary N) is 1. The Hall–Kier alpha value is -3.01. The van der Waals surface area contributed by atoms with Crippen LogP contribution in [-0.2, 0) is 20.9 Å². The third kappa shape index (κ3) is 6.99. The van der Waals surface area contributed by atoms with Crippen molar-refractivity contribution in [3.63, 3.8) is 0 Å². The number of halogens is 2. The van der Waals surface area contributed by atoms with Gasteiger partial charge in [-0.15, -0.1) is 11.3 Å². The van der Waals surface area contributed by atoms with Gasteiger partial charge in [0.2, 0.25) is 5.91 Å². The van der Waals surface area contributed by atoms with Crippen molar-refractivity contribution >= 4 is 35.4 Å². The van der Waals surface area contributed by atoms with E-state index < -0.39 is 18.1 Å². The van der Waals surface area contributed by atoms with Crippen molar-refractivity contribution < 1.29 is 27.8 Å². The van der Waals surface area contributed by atoms with Crippen LogP contribution in [0.25, 0.3) is 12.2 Å². The van der Waals surface area contributed by atoms with Crippen LogP contribution < -0.4 is 24.8 Å². The fourth-order valence-corrected chi connectivity index (χ4v) is 4.93. The molecule has 2 atom stereocenters. The van der Waals surface area contributed by atoms with Crippen LogP contribution >= 0.6 is 11.3 Å². The van der Waals surface area contributed by atoms with Crippen molar-refractivity contribution in [2.75, 3.05) is 6.61 Å². The molecule has 1 aliphatic rings. The van der Waals surface area contributed by atoms with Gasteiger partial charge in [-0.05, 0) is 49.5 Å². The van der Waals surface area contributed by atoms with E-state index in [1.807, 2.05) is 0 Å². The second kappa shape index (κ2) is 11.9. The molecule has 1 saturated carbocycles. The number of rotatable bonds is 8. The van der Waals surface area contributed by atoms with Crippen LogP contribution in [0.5, 0.6) is 5.75 Å². The van der Waals surface area contributed by atoms with E-state index in [-0.39, 0.29) is 35.4 Å². The van der Waals surface area contributed by atoms with Crippen LogP contribution in [0.2, 0.25) is 0 Å². The zero-order chi connectivity index (χ0) is 24.7. The molecule has 1 heterocycles. The normalized spacial score (nSPS) is 19.3. The molecular formula is C24H28F2N2O5S. The summed E-state index contributed by atoms with van der Waals surface area (Å²) in [7, 11) is 0. The maximum Gasteiger partial charge on any atom is 0.387 e. The zero-order valence-corrected chi connectivity index (χ0v) is 19.9. The number of alkyl halides is 2. The Balaban J connectivity index is 1.91. The number of thiazole rings is 1. The predicted octanol–water partition coefficient (Wildman–Crippen LogP) is 2.38. The molecule has 0 radical (unpaired) electrons. The van der Waals surface area contributed by atoms with Gasteiger partial charge >= 0.3 is 12.6 Å². The minimum absolute atomic E-state index is 0.000635. The zero-order valence-electron chi connectivity index (χ0n) is 19.1. The number of esters is 1. The van der Waals surface area contributed by atoms with Crippen molar-refractivity contribution in [1.29, 1.82) is 0 Å². The molecular weight excluding hydrogens is 466 g/mol. The second-order valence-electron chi connectivity index (χ2n) is 8.12. The summed E-state index contributed by atoms with van der Waals surface area (Å²) in [6.45, 7) is 0.802. The molecule has 184 valence electrons. The summed E-state index contributed by atoms with van der Waals surface area (Å²) in [5.41, 5.74) is 0.149. The standard InChI is InChI=1S/C24H28F2N2O5S/c1-3-32-22(30)13-21-28(14-20(29)27-18-7-5-4-6-15(18)2)23(31)19(34-21)12-16-8-10-17(11-9-16)33-24(25)26/h8-13,15,18,24H,3-7,14H2,1-2H3,(H,27,29)/b19-12-,21-13-/t15-,18-/m1/s1. The molecule has 3 rings (SSSR count). The highest BCUT2D eigenvalue weighted by molar-refractivity contribution is 7.07. The van der Waals surface area contributed by atoms with Gasteiger partial charge < -0.3 is 14.8 Å². The average molecular weight is 495 g/mol. The molecule has 0 saturated heterocycles. The Morgan fingerprint density at radius 3 is 2.59 bits per heavy atom. The number of hydrogen-bond donors (Lipinski definition) is 1. The van der Waals surface area contributed by atoms with Crippen molar-refractivity contribution in [2.45, 2.75) is 58.7 Å². The molecule has 0 bridgehead atoms. The SMILES string of the molecule is CCOC(=O)/C=c1\s/c(=C\c2ccc(OC(F)F)cc2)c(=O)n1CC(=O)N[C@@H]1CCCC[C@H]1C. The van der Waals surface area contributed by atoms with E-state index in [4.69, 9.17) is 4.74 Å². The third-order valence-electron chi connectivity index (χ3n) is 5.63. The lowest BCUT2D eigenvalue weighted by Crippen LogP contribution is -2.45. The van der Waals surface area contributed by atoms with E-state index in [9.17, 15) is 23.2 Å². The first-order valence-corrected chi connectivity index (χ1v) is 12.0. The number of benzene rings is 1. The highest BCUT2D eigenvalue weighted by atomic mass is 32.1. The quantitative estimate of drug-likeness (QED) is 0.570. The fraction of sp³-hybridized carbons (Fsp3) is 0.458. The Bertz CT molecular complexity index is 1170. The van der Waals surface area contributed by atoms with E-state index in [0.29, 0.717) is 16.1 Å². The molecule has 0 unspecified atom stereocenters. The maximum atomic E-state index is 13.1. The van der Waals surface area contributed by atoms with E-state index >= 15 is 0 Å². The highest BCUT2D eigenvalue weighted by Gasteiger charge is 2.23. The van der Waals surface area contributed by atoms with Gasteiger partial charge in [-0.1, -0.05) is 31.9 Å². The monoisotopic (exact) mass is 494 g/mol. The first kappa shape index (κ1) is 25.6. The summed E-state index contributed by atoms with van der Waals surface area (Å²) in [5.74, 6) is -0.542. The summed E-state index contributed by atoms with van der Waals surface area (Å²) in [4.78, 5) is 37.9. The van der Waals surface area contributed by atoms with E-state index in [1.165, 1.54) is 34.9 Å². The van der Waals surface area contributed by atoms with Gasteiger partial charge in [-0.2, -0.15) is 8.78 Å². The average Bonchev–Trinajstić information content (AvgIpc) is 3.05. The first-order valence-electron chi connectivity index (χ1n) is 11.2. The lowest BCUT2D eigenvalue weighted by Gasteiger charge is -2.29. The van der Waals surface area contributed by atoms with Crippen LogP contribution in [0.4, 0.5) is 8.78 Å². The second-order valence-corrected chi connectivity index (χ2v) is 9.18. The molecule has 2 aromatic rings. The van der Waals surface area contributed by atoms with Gasteiger partial charge in [0.25, 0.3) is 5.56 Å². The molecule has 0 aliphatic heterocycles. The minimum Gasteiger partial charge on any atom is -0.463 e. The van der Waals surface area contributed by atoms with Crippen LogP contribution in [0, 0.1) is 5.92 Å². The van der Waals surface area contributed by atoms with E-state index in [2.05, 4.69) is 17.0 Å². The van der Waals surface area contributed by atoms with Gasteiger partial charge in [-0.25, -0.2) is 4.79 Å². The van der Waals surface area contributed by atoms with Crippen molar-refractivity contribution in [2.24, 2.45) is 5.92 Å². The van der Waals surface area contributed by atoms with Crippen molar-refractivity contribution in [3.8, 4) is 5.75 Å². The lowest BCUT2D eigenvalue weighted by atomic mass is 9.86. The molecule has 1 aliphatic carbocycles. The van der Waals surface area contributed by atoms with Gasteiger partial charge in [0.1, 0.15) is 17.0 Å². The first-order chi connectivity index (χ1) is 16.3. The Morgan fingerprint density at radius 2 is 1.94 bits per heavy atom. The van der Waals surface area contributed by atoms with Gasteiger partial charge in [0, 0.05) is 6.04 Å². The Kier molecular flexibility index (Phi) is 8.98. The summed E-state index contributed by atoms with van der Waals surface area (Å²) in [6.07, 6.45) is 6.91. The lowest BCUT2D eigenvalue weighted by molar-refractivity contribution is -0.135. The molecule has 1 fully saturated rings. The summed E-state index contributed by atoms with van der Waals surface area (Å²) in [5, 5.41) is 3.02. The van der Waals surface area contributed by atoms with Crippen LogP contribution in [0.1, 0.15) is 45.1 Å². The van der Waals surface area contributed by atoms with Crippen LogP contribution in [-0.4, -0.2) is 35.7 Å². The van der Waals surface area contributed by atoms with Crippen LogP contribution in [0.15, 0.2) is 29.1 Å². The number of ether oxygens (including phenoxy) is 2. The summed E-state index contributed by atoms with van der Waals surface area (Å²) < 4.78 is 35.8. The Labute approximate surface area is 199 Å². The number of carbonyl (C=O) groups excluding carboxylic acids is 2. The summed E-state index contributed by atoms with van der Waals surface area (Å²) >= 11 is 1.05. The number of carbonyl (C=O) groups is 2. The molecule has 0 spiro atoms. The molecule has 1 aromatic heterocycles.